The van der Waals surface area contributed by atoms with E-state index in [0.29, 0.717) is 42.2 Å². The number of carbonyl (C=O) groups is 3. The molecule has 0 bridgehead atoms. The van der Waals surface area contributed by atoms with E-state index in [0.717, 1.165) is 53.1 Å². The number of methoxy groups -OCH3 is 2. The minimum atomic E-state index is -1.40. The lowest BCUT2D eigenvalue weighted by atomic mass is 10.1. The zero-order valence-electron chi connectivity index (χ0n) is 31.1. The number of hydrogen-bond acceptors (Lipinski definition) is 9. The topological polar surface area (TPSA) is 143 Å². The molecule has 13 heteroatoms. The molecule has 7 rings (SSSR count). The average Bonchev–Trinajstić information content (AvgIpc) is 3.46. The van der Waals surface area contributed by atoms with Crippen molar-refractivity contribution < 1.29 is 33.7 Å². The van der Waals surface area contributed by atoms with Gasteiger partial charge in [-0.1, -0.05) is 44.6 Å². The zero-order valence-corrected chi connectivity index (χ0v) is 31.9. The number of nitrogens with zero attached hydrogens (tertiary/aromatic N) is 4. The van der Waals surface area contributed by atoms with Crippen LogP contribution in [0.2, 0.25) is 0 Å². The van der Waals surface area contributed by atoms with Crippen LogP contribution in [0, 0.1) is 5.92 Å². The first-order chi connectivity index (χ1) is 26.1. The molecule has 2 aromatic carbocycles. The fourth-order valence-corrected chi connectivity index (χ4v) is 8.29. The van der Waals surface area contributed by atoms with E-state index in [-0.39, 0.29) is 30.8 Å². The highest BCUT2D eigenvalue weighted by atomic mass is 32.1. The van der Waals surface area contributed by atoms with Gasteiger partial charge >= 0.3 is 12.0 Å². The highest BCUT2D eigenvalue weighted by Gasteiger charge is 2.61. The van der Waals surface area contributed by atoms with Crippen molar-refractivity contribution in [2.45, 2.75) is 82.5 Å². The van der Waals surface area contributed by atoms with Gasteiger partial charge in [-0.05, 0) is 61.4 Å². The molecule has 12 nitrogen and oxygen atoms in total. The van der Waals surface area contributed by atoms with Crippen molar-refractivity contribution in [3.63, 3.8) is 0 Å². The van der Waals surface area contributed by atoms with Crippen LogP contribution < -0.4 is 19.5 Å². The molecule has 2 N–H and O–H groups in total. The number of rotatable bonds is 9. The second kappa shape index (κ2) is 15.7. The van der Waals surface area contributed by atoms with E-state index in [9.17, 15) is 19.5 Å². The molecule has 4 atom stereocenters. The van der Waals surface area contributed by atoms with Crippen molar-refractivity contribution >= 4 is 40.1 Å². The number of carboxylic acid groups (broad SMARTS) is 1. The molecular weight excluding hydrogens is 707 g/mol. The lowest BCUT2D eigenvalue weighted by molar-refractivity contribution is -0.144. The van der Waals surface area contributed by atoms with Crippen LogP contribution in [-0.4, -0.2) is 87.8 Å². The molecule has 2 aliphatic heterocycles. The number of nitrogens with one attached hydrogen (secondary N) is 1. The van der Waals surface area contributed by atoms with Crippen molar-refractivity contribution in [3.8, 4) is 28.0 Å². The number of urea groups is 1. The summed E-state index contributed by atoms with van der Waals surface area (Å²) in [6.45, 7) is 5.16. The van der Waals surface area contributed by atoms with Gasteiger partial charge in [0.05, 0.1) is 32.0 Å². The first kappa shape index (κ1) is 37.2. The van der Waals surface area contributed by atoms with E-state index < -0.39 is 29.6 Å². The number of amides is 3. The Morgan fingerprint density at radius 1 is 1.04 bits per heavy atom. The van der Waals surface area contributed by atoms with Crippen LogP contribution in [-0.2, 0) is 16.1 Å². The van der Waals surface area contributed by atoms with Gasteiger partial charge in [0.15, 0.2) is 0 Å². The summed E-state index contributed by atoms with van der Waals surface area (Å²) in [6, 6.07) is 13.8. The third kappa shape index (κ3) is 7.73. The van der Waals surface area contributed by atoms with E-state index in [1.165, 1.54) is 11.3 Å². The first-order valence-electron chi connectivity index (χ1n) is 18.6. The van der Waals surface area contributed by atoms with Crippen LogP contribution in [0.5, 0.6) is 17.2 Å². The Bertz CT molecular complexity index is 2050. The summed E-state index contributed by atoms with van der Waals surface area (Å²) < 4.78 is 17.6. The lowest BCUT2D eigenvalue weighted by Crippen LogP contribution is -2.55. The molecule has 3 amide bonds. The number of ether oxygens (including phenoxy) is 3. The number of pyridine rings is 1. The van der Waals surface area contributed by atoms with Crippen molar-refractivity contribution in [2.24, 2.45) is 5.92 Å². The minimum absolute atomic E-state index is 0.128. The van der Waals surface area contributed by atoms with Gasteiger partial charge in [-0.2, -0.15) is 0 Å². The zero-order chi connectivity index (χ0) is 38.0. The SMILES string of the molecule is COc1ccc(CN2CCCCC/C=C\C3CC3(C(=O)O)NC(=O)C3CC(Oc4cc(-c5nc(C(C)C)cs5)nc5cc(OC)ccc45)CN3C2=O)cc1. The van der Waals surface area contributed by atoms with Gasteiger partial charge < -0.3 is 34.4 Å². The van der Waals surface area contributed by atoms with Crippen LogP contribution >= 0.6 is 11.3 Å². The second-order valence-electron chi connectivity index (χ2n) is 14.7. The number of hydrogen-bond donors (Lipinski definition) is 2. The molecule has 1 aliphatic carbocycles. The van der Waals surface area contributed by atoms with E-state index in [4.69, 9.17) is 24.2 Å². The number of fused-ring (bicyclic) bond motifs is 3. The fourth-order valence-electron chi connectivity index (χ4n) is 7.35. The largest absolute Gasteiger partial charge is 0.497 e. The van der Waals surface area contributed by atoms with E-state index in [1.807, 2.05) is 66.1 Å². The number of benzene rings is 2. The molecule has 1 saturated heterocycles. The second-order valence-corrected chi connectivity index (χ2v) is 15.5. The molecule has 4 unspecified atom stereocenters. The molecule has 284 valence electrons. The third-order valence-corrected chi connectivity index (χ3v) is 11.5. The summed E-state index contributed by atoms with van der Waals surface area (Å²) in [6.07, 6.45) is 7.24. The molecule has 2 fully saturated rings. The maximum absolute atomic E-state index is 14.7. The van der Waals surface area contributed by atoms with Crippen molar-refractivity contribution in [1.82, 2.24) is 25.1 Å². The van der Waals surface area contributed by atoms with Crippen LogP contribution in [0.25, 0.3) is 21.6 Å². The lowest BCUT2D eigenvalue weighted by Gasteiger charge is -2.32. The van der Waals surface area contributed by atoms with Crippen LogP contribution in [0.1, 0.15) is 69.5 Å². The molecule has 0 radical (unpaired) electrons. The van der Waals surface area contributed by atoms with Crippen LogP contribution in [0.15, 0.2) is 66.1 Å². The molecule has 4 heterocycles. The average molecular weight is 754 g/mol. The Labute approximate surface area is 319 Å². The number of allylic oxidation sites excluding steroid dienone is 1. The third-order valence-electron chi connectivity index (χ3n) is 10.6. The summed E-state index contributed by atoms with van der Waals surface area (Å²) in [5, 5.41) is 16.7. The maximum Gasteiger partial charge on any atom is 0.330 e. The number of thiazole rings is 1. The van der Waals surface area contributed by atoms with Crippen molar-refractivity contribution in [3.05, 3.63) is 77.3 Å². The summed E-state index contributed by atoms with van der Waals surface area (Å²) in [5.74, 6) is 0.280. The number of aliphatic carboxylic acids is 1. The Morgan fingerprint density at radius 3 is 2.54 bits per heavy atom. The van der Waals surface area contributed by atoms with E-state index >= 15 is 0 Å². The summed E-state index contributed by atoms with van der Waals surface area (Å²) in [5.41, 5.74) is 1.80. The maximum atomic E-state index is 14.7. The highest BCUT2D eigenvalue weighted by molar-refractivity contribution is 7.13. The summed E-state index contributed by atoms with van der Waals surface area (Å²) in [7, 11) is 3.21. The molecule has 3 aliphatic rings. The number of carboxylic acids is 1. The predicted octanol–water partition coefficient (Wildman–Crippen LogP) is 7.03. The molecule has 2 aromatic heterocycles. The van der Waals surface area contributed by atoms with Crippen LogP contribution in [0.3, 0.4) is 0 Å². The van der Waals surface area contributed by atoms with Gasteiger partial charge in [0, 0.05) is 48.3 Å². The smallest absolute Gasteiger partial charge is 0.330 e. The van der Waals surface area contributed by atoms with Crippen molar-refractivity contribution in [2.75, 3.05) is 27.3 Å². The quantitative estimate of drug-likeness (QED) is 0.172. The highest BCUT2D eigenvalue weighted by Crippen LogP contribution is 2.45. The van der Waals surface area contributed by atoms with Gasteiger partial charge in [0.1, 0.15) is 45.6 Å². The summed E-state index contributed by atoms with van der Waals surface area (Å²) >= 11 is 1.51. The van der Waals surface area contributed by atoms with Gasteiger partial charge in [-0.25, -0.2) is 19.6 Å². The standard InChI is InChI=1S/C41H47N5O7S/c1-25(2)34-24-54-38(43-34)33-20-36(31-16-15-29(52-4)18-32(31)42-33)53-30-19-35-37(47)44-41(39(48)49)21-27(41)10-8-6-5-7-9-17-45(40(50)46(35)23-30)22-26-11-13-28(51-3)14-12-26/h8,10-16,18,20,24-25,27,30,35H,5-7,9,17,19,21-23H2,1-4H3,(H,44,47)(H,48,49)/b10-8-. The molecular formula is C41H47N5O7S. The van der Waals surface area contributed by atoms with Gasteiger partial charge in [0.25, 0.3) is 0 Å². The molecule has 1 saturated carbocycles. The first-order valence-corrected chi connectivity index (χ1v) is 19.5. The monoisotopic (exact) mass is 753 g/mol. The normalized spacial score (nSPS) is 23.9. The Morgan fingerprint density at radius 2 is 1.81 bits per heavy atom. The Hall–Kier alpha value is -5.17. The molecule has 54 heavy (non-hydrogen) atoms. The van der Waals surface area contributed by atoms with Gasteiger partial charge in [-0.3, -0.25) is 4.79 Å². The minimum Gasteiger partial charge on any atom is -0.497 e. The summed E-state index contributed by atoms with van der Waals surface area (Å²) in [4.78, 5) is 54.6. The number of aromatic nitrogens is 2. The predicted molar refractivity (Wildman–Crippen MR) is 206 cm³/mol. The van der Waals surface area contributed by atoms with E-state index in [1.54, 1.807) is 24.0 Å². The van der Waals surface area contributed by atoms with Gasteiger partial charge in [0.2, 0.25) is 5.91 Å². The van der Waals surface area contributed by atoms with Crippen LogP contribution in [0.4, 0.5) is 4.79 Å². The fraction of sp³-hybridized carbons (Fsp3) is 0.439. The molecule has 4 aromatic rings. The van der Waals surface area contributed by atoms with E-state index in [2.05, 4.69) is 19.2 Å². The Kier molecular flexibility index (Phi) is 10.8. The molecule has 0 spiro atoms. The number of carbonyl (C=O) groups excluding carboxylic acids is 2. The van der Waals surface area contributed by atoms with Gasteiger partial charge in [-0.15, -0.1) is 11.3 Å². The van der Waals surface area contributed by atoms with Crippen molar-refractivity contribution in [1.29, 1.82) is 0 Å². The Balaban J connectivity index is 1.23.